The van der Waals surface area contributed by atoms with Gasteiger partial charge in [-0.1, -0.05) is 24.3 Å². The second-order valence-corrected chi connectivity index (χ2v) is 9.34. The first-order valence-electron chi connectivity index (χ1n) is 14.2. The van der Waals surface area contributed by atoms with Gasteiger partial charge >= 0.3 is 23.9 Å². The summed E-state index contributed by atoms with van der Waals surface area (Å²) < 4.78 is 31.7. The minimum Gasteiger partial charge on any atom is -0.497 e. The summed E-state index contributed by atoms with van der Waals surface area (Å²) in [6.45, 7) is 6.95. The Hall–Kier alpha value is -4.08. The van der Waals surface area contributed by atoms with Crippen molar-refractivity contribution >= 4 is 23.9 Å². The summed E-state index contributed by atoms with van der Waals surface area (Å²) in [5.41, 5.74) is 1.50. The molecule has 10 heteroatoms. The minimum atomic E-state index is -1.25. The third-order valence-corrected chi connectivity index (χ3v) is 6.84. The van der Waals surface area contributed by atoms with Crippen molar-refractivity contribution in [1.29, 1.82) is 0 Å². The maximum atomic E-state index is 13.1. The van der Waals surface area contributed by atoms with Crippen LogP contribution in [0, 0.1) is 11.8 Å². The van der Waals surface area contributed by atoms with Crippen LogP contribution in [0.5, 0.6) is 11.5 Å². The van der Waals surface area contributed by atoms with Crippen LogP contribution in [0.15, 0.2) is 48.5 Å². The van der Waals surface area contributed by atoms with Gasteiger partial charge in [0.05, 0.1) is 40.6 Å². The van der Waals surface area contributed by atoms with Crippen LogP contribution in [0.25, 0.3) is 0 Å². The predicted octanol–water partition coefficient (Wildman–Crippen LogP) is 4.84. The number of methoxy groups -OCH3 is 2. The zero-order valence-electron chi connectivity index (χ0n) is 25.3. The Labute approximate surface area is 247 Å². The van der Waals surface area contributed by atoms with E-state index in [1.165, 1.54) is 0 Å². The molecule has 0 aliphatic carbocycles. The number of esters is 4. The molecule has 0 fully saturated rings. The molecule has 0 bridgehead atoms. The van der Waals surface area contributed by atoms with Gasteiger partial charge in [0, 0.05) is 0 Å². The fourth-order valence-electron chi connectivity index (χ4n) is 4.82. The summed E-state index contributed by atoms with van der Waals surface area (Å²) in [5.74, 6) is -5.24. The van der Waals surface area contributed by atoms with E-state index in [-0.39, 0.29) is 39.3 Å². The minimum absolute atomic E-state index is 0.0148. The van der Waals surface area contributed by atoms with E-state index in [0.717, 1.165) is 11.1 Å². The Kier molecular flexibility index (Phi) is 14.4. The van der Waals surface area contributed by atoms with Crippen LogP contribution in [0.4, 0.5) is 0 Å². The van der Waals surface area contributed by atoms with Gasteiger partial charge in [-0.05, 0) is 87.8 Å². The largest absolute Gasteiger partial charge is 0.497 e. The molecule has 2 aromatic rings. The predicted molar refractivity (Wildman–Crippen MR) is 154 cm³/mol. The summed E-state index contributed by atoms with van der Waals surface area (Å²) in [6.07, 6.45) is -0.0296. The molecule has 0 spiro atoms. The third-order valence-electron chi connectivity index (χ3n) is 6.84. The summed E-state index contributed by atoms with van der Waals surface area (Å²) in [5, 5.41) is 0. The Balaban J connectivity index is 2.75. The first kappa shape index (κ1) is 34.1. The van der Waals surface area contributed by atoms with Gasteiger partial charge in [0.15, 0.2) is 11.8 Å². The highest BCUT2D eigenvalue weighted by molar-refractivity contribution is 5.95. The molecule has 0 radical (unpaired) electrons. The average Bonchev–Trinajstić information content (AvgIpc) is 2.99. The van der Waals surface area contributed by atoms with Gasteiger partial charge < -0.3 is 28.4 Å². The standard InChI is InChI=1S/C32H42O10/c1-7-39-29(33)27(30(34)40-8-2)19-25(21-11-15-23(37-5)16-12-21)26(22-13-17-24(38-6)18-14-22)20-28(31(35)41-9-3)32(36)42-10-4/h11-18,25-28H,7-10,19-20H2,1-6H3. The maximum Gasteiger partial charge on any atom is 0.320 e. The Morgan fingerprint density at radius 2 is 0.762 bits per heavy atom. The van der Waals surface area contributed by atoms with Gasteiger partial charge in [0.2, 0.25) is 0 Å². The van der Waals surface area contributed by atoms with Crippen molar-refractivity contribution in [2.24, 2.45) is 11.8 Å². The fraction of sp³-hybridized carbons (Fsp3) is 0.500. The second kappa shape index (κ2) is 17.7. The molecule has 2 unspecified atom stereocenters. The van der Waals surface area contributed by atoms with E-state index in [9.17, 15) is 19.2 Å². The lowest BCUT2D eigenvalue weighted by Crippen LogP contribution is -2.34. The second-order valence-electron chi connectivity index (χ2n) is 9.34. The number of hydrogen-bond acceptors (Lipinski definition) is 10. The lowest BCUT2D eigenvalue weighted by Gasteiger charge is -2.32. The van der Waals surface area contributed by atoms with E-state index in [1.807, 2.05) is 24.3 Å². The van der Waals surface area contributed by atoms with Crippen LogP contribution < -0.4 is 9.47 Å². The molecule has 0 aliphatic rings. The van der Waals surface area contributed by atoms with E-state index in [2.05, 4.69) is 0 Å². The van der Waals surface area contributed by atoms with E-state index >= 15 is 0 Å². The van der Waals surface area contributed by atoms with Gasteiger partial charge in [-0.3, -0.25) is 19.2 Å². The summed E-state index contributed by atoms with van der Waals surface area (Å²) in [6, 6.07) is 14.4. The molecule has 10 nitrogen and oxygen atoms in total. The molecule has 230 valence electrons. The summed E-state index contributed by atoms with van der Waals surface area (Å²) in [4.78, 5) is 52.3. The molecular weight excluding hydrogens is 544 g/mol. The number of hydrogen-bond donors (Lipinski definition) is 0. The number of carbonyl (C=O) groups excluding carboxylic acids is 4. The fourth-order valence-corrected chi connectivity index (χ4v) is 4.82. The Morgan fingerprint density at radius 1 is 0.500 bits per heavy atom. The van der Waals surface area contributed by atoms with Gasteiger partial charge in [0.25, 0.3) is 0 Å². The van der Waals surface area contributed by atoms with Crippen LogP contribution >= 0.6 is 0 Å². The first-order valence-corrected chi connectivity index (χ1v) is 14.2. The van der Waals surface area contributed by atoms with Crippen molar-refractivity contribution < 1.29 is 47.6 Å². The van der Waals surface area contributed by atoms with Gasteiger partial charge in [-0.2, -0.15) is 0 Å². The smallest absolute Gasteiger partial charge is 0.320 e. The molecule has 0 amide bonds. The highest BCUT2D eigenvalue weighted by Crippen LogP contribution is 2.43. The molecule has 42 heavy (non-hydrogen) atoms. The van der Waals surface area contributed by atoms with Gasteiger partial charge in [-0.15, -0.1) is 0 Å². The molecule has 0 aliphatic heterocycles. The monoisotopic (exact) mass is 586 g/mol. The van der Waals surface area contributed by atoms with Crippen molar-refractivity contribution in [3.8, 4) is 11.5 Å². The number of benzene rings is 2. The van der Waals surface area contributed by atoms with Crippen LogP contribution in [0.1, 0.15) is 63.5 Å². The number of rotatable bonds is 17. The molecule has 2 aromatic carbocycles. The van der Waals surface area contributed by atoms with Gasteiger partial charge in [-0.25, -0.2) is 0 Å². The van der Waals surface area contributed by atoms with Crippen LogP contribution in [0.2, 0.25) is 0 Å². The van der Waals surface area contributed by atoms with E-state index < -0.39 is 47.5 Å². The number of ether oxygens (including phenoxy) is 6. The molecule has 0 saturated heterocycles. The van der Waals surface area contributed by atoms with Crippen molar-refractivity contribution in [2.75, 3.05) is 40.6 Å². The molecule has 0 saturated carbocycles. The van der Waals surface area contributed by atoms with Crippen molar-refractivity contribution in [1.82, 2.24) is 0 Å². The molecule has 2 rings (SSSR count). The van der Waals surface area contributed by atoms with Crippen molar-refractivity contribution in [2.45, 2.75) is 52.4 Å². The van der Waals surface area contributed by atoms with Crippen molar-refractivity contribution in [3.63, 3.8) is 0 Å². The van der Waals surface area contributed by atoms with Crippen LogP contribution in [-0.2, 0) is 38.1 Å². The van der Waals surface area contributed by atoms with E-state index in [1.54, 1.807) is 66.2 Å². The zero-order chi connectivity index (χ0) is 31.1. The Morgan fingerprint density at radius 3 is 0.976 bits per heavy atom. The first-order chi connectivity index (χ1) is 20.2. The lowest BCUT2D eigenvalue weighted by molar-refractivity contribution is -0.164. The van der Waals surface area contributed by atoms with Crippen LogP contribution in [0.3, 0.4) is 0 Å². The molecular formula is C32H42O10. The molecule has 0 heterocycles. The van der Waals surface area contributed by atoms with E-state index in [0.29, 0.717) is 11.5 Å². The zero-order valence-corrected chi connectivity index (χ0v) is 25.3. The van der Waals surface area contributed by atoms with Gasteiger partial charge in [0.1, 0.15) is 11.5 Å². The molecule has 0 N–H and O–H groups in total. The molecule has 2 atom stereocenters. The summed E-state index contributed by atoms with van der Waals surface area (Å²) >= 11 is 0. The quantitative estimate of drug-likeness (QED) is 0.145. The third kappa shape index (κ3) is 9.49. The number of carbonyl (C=O) groups is 4. The van der Waals surface area contributed by atoms with Crippen LogP contribution in [-0.4, -0.2) is 64.5 Å². The average molecular weight is 587 g/mol. The lowest BCUT2D eigenvalue weighted by atomic mass is 9.72. The van der Waals surface area contributed by atoms with Crippen molar-refractivity contribution in [3.05, 3.63) is 59.7 Å². The SMILES string of the molecule is CCOC(=O)C(CC(c1ccc(OC)cc1)C(CC(C(=O)OCC)C(=O)OCC)c1ccc(OC)cc1)C(=O)OCC. The summed E-state index contributed by atoms with van der Waals surface area (Å²) in [7, 11) is 3.10. The highest BCUT2D eigenvalue weighted by atomic mass is 16.6. The topological polar surface area (TPSA) is 124 Å². The maximum absolute atomic E-state index is 13.1. The Bertz CT molecular complexity index is 1020. The normalized spacial score (nSPS) is 12.3. The molecule has 0 aromatic heterocycles. The highest BCUT2D eigenvalue weighted by Gasteiger charge is 2.40. The van der Waals surface area contributed by atoms with E-state index in [4.69, 9.17) is 28.4 Å².